The Hall–Kier alpha value is 3.17. The van der Waals surface area contributed by atoms with Gasteiger partial charge in [0, 0.05) is 49.8 Å². The van der Waals surface area contributed by atoms with E-state index in [4.69, 9.17) is 16.0 Å². The van der Waals surface area contributed by atoms with Crippen molar-refractivity contribution in [2.75, 3.05) is 0 Å². The second kappa shape index (κ2) is 13.7. The van der Waals surface area contributed by atoms with Crippen LogP contribution >= 0.6 is 0 Å². The second-order valence-electron chi connectivity index (χ2n) is 0.415. The summed E-state index contributed by atoms with van der Waals surface area (Å²) in [6.07, 6.45) is 0. The molecule has 64 valence electrons. The summed E-state index contributed by atoms with van der Waals surface area (Å²) in [7, 11) is 0. The third-order valence-electron chi connectivity index (χ3n) is 0. The molecule has 0 saturated carbocycles. The van der Waals surface area contributed by atoms with Crippen molar-refractivity contribution in [3.8, 4) is 0 Å². The van der Waals surface area contributed by atoms with Crippen LogP contribution in [0.5, 0.6) is 0 Å². The van der Waals surface area contributed by atoms with Crippen molar-refractivity contribution in [2.24, 2.45) is 0 Å². The van der Waals surface area contributed by atoms with E-state index in [1.54, 1.807) is 0 Å². The predicted molar refractivity (Wildman–Crippen MR) is 6.92 cm³/mol. The van der Waals surface area contributed by atoms with Crippen molar-refractivity contribution < 1.29 is 132 Å². The monoisotopic (exact) mass is 336 g/mol. The van der Waals surface area contributed by atoms with Gasteiger partial charge in [-0.3, -0.25) is 0 Å². The van der Waals surface area contributed by atoms with Crippen LogP contribution in [0.1, 0.15) is 1.43 Å². The fourth-order valence-electron chi connectivity index (χ4n) is 0. The standard InChI is InChI=1S/Co.K.Mn.2Ni.2H2O.2O.H/h;;;;;2*1H2;;;/q;+1;+2;;;;;;;-1/p-2. The van der Waals surface area contributed by atoms with Crippen molar-refractivity contribution in [2.45, 2.75) is 0 Å². The fraction of sp³-hybridized carbons (Fsp3) is 0. The van der Waals surface area contributed by atoms with E-state index >= 15 is 0 Å². The summed E-state index contributed by atoms with van der Waals surface area (Å²) in [6, 6.07) is 0. The van der Waals surface area contributed by atoms with E-state index in [1.807, 2.05) is 0 Å². The Balaban J connectivity index is -0.00000000800. The molecule has 0 rings (SSSR count). The van der Waals surface area contributed by atoms with Gasteiger partial charge in [0.15, 0.2) is 0 Å². The van der Waals surface area contributed by atoms with E-state index in [2.05, 4.69) is 0 Å². The summed E-state index contributed by atoms with van der Waals surface area (Å²) < 4.78 is 31.8. The van der Waals surface area contributed by atoms with Gasteiger partial charge < -0.3 is 1.43 Å². The Morgan fingerprint density at radius 1 is 1.11 bits per heavy atom. The van der Waals surface area contributed by atoms with Gasteiger partial charge in [-0.15, -0.1) is 0 Å². The fourth-order valence-corrected chi connectivity index (χ4v) is 0. The number of rotatable bonds is 0. The molecule has 9 heavy (non-hydrogen) atoms. The van der Waals surface area contributed by atoms with E-state index in [9.17, 15) is 0 Å². The molecule has 0 aliphatic heterocycles. The molecule has 4 nitrogen and oxygen atoms in total. The van der Waals surface area contributed by atoms with Crippen LogP contribution in [0.25, 0.3) is 0 Å². The SMILES string of the molecule is [Co].[H-].[K+].[Ni].[Ni].[O]=[Mn](=[O])([OH])[OH]. The molecule has 0 amide bonds. The maximum absolute atomic E-state index is 8.80. The van der Waals surface area contributed by atoms with Gasteiger partial charge in [0.05, 0.1) is 0 Å². The Morgan fingerprint density at radius 3 is 1.11 bits per heavy atom. The van der Waals surface area contributed by atoms with Gasteiger partial charge in [0.1, 0.15) is 0 Å². The summed E-state index contributed by atoms with van der Waals surface area (Å²) in [6.45, 7) is 0. The van der Waals surface area contributed by atoms with Crippen molar-refractivity contribution in [3.63, 3.8) is 0 Å². The van der Waals surface area contributed by atoms with E-state index in [-0.39, 0.29) is 103 Å². The first kappa shape index (κ1) is 29.5. The van der Waals surface area contributed by atoms with E-state index in [0.717, 1.165) is 0 Å². The minimum atomic E-state index is -5.12. The van der Waals surface area contributed by atoms with Gasteiger partial charge in [0.25, 0.3) is 0 Å². The molecule has 0 saturated heterocycles. The summed E-state index contributed by atoms with van der Waals surface area (Å²) in [5.74, 6) is 0. The van der Waals surface area contributed by atoms with Crippen LogP contribution in [0, 0.1) is 0 Å². The van der Waals surface area contributed by atoms with Gasteiger partial charge in [0.2, 0.25) is 0 Å². The second-order valence-corrected chi connectivity index (χ2v) is 1.71. The summed E-state index contributed by atoms with van der Waals surface area (Å²) in [4.78, 5) is 0. The van der Waals surface area contributed by atoms with Crippen molar-refractivity contribution in [3.05, 3.63) is 0 Å². The molecule has 0 heterocycles. The Bertz CT molecular complexity index is 106. The third-order valence-corrected chi connectivity index (χ3v) is 0. The van der Waals surface area contributed by atoms with Crippen LogP contribution < -0.4 is 51.4 Å². The molecule has 0 unspecified atom stereocenters. The zero-order chi connectivity index (χ0) is 4.50. The third kappa shape index (κ3) is 93.5. The predicted octanol–water partition coefficient (Wildman–Crippen LogP) is -4.25. The van der Waals surface area contributed by atoms with Crippen molar-refractivity contribution >= 4 is 0 Å². The molecule has 0 bridgehead atoms. The molecule has 0 spiro atoms. The minimum absolute atomic E-state index is 0. The molecular weight excluding hydrogens is 334 g/mol. The van der Waals surface area contributed by atoms with Gasteiger partial charge in [-0.05, 0) is 0 Å². The Kier molecular flexibility index (Phi) is 45.1. The van der Waals surface area contributed by atoms with Gasteiger partial charge in [-0.25, -0.2) is 0 Å². The topological polar surface area (TPSA) is 74.6 Å². The number of hydrogen-bond donors (Lipinski definition) is 2. The van der Waals surface area contributed by atoms with Crippen LogP contribution in [0.15, 0.2) is 0 Å². The summed E-state index contributed by atoms with van der Waals surface area (Å²) >= 11 is -5.12. The Labute approximate surface area is 129 Å². The van der Waals surface area contributed by atoms with Crippen LogP contribution in [0.4, 0.5) is 0 Å². The molecule has 0 atom stereocenters. The van der Waals surface area contributed by atoms with E-state index in [1.165, 1.54) is 0 Å². The Morgan fingerprint density at radius 2 is 1.11 bits per heavy atom. The summed E-state index contributed by atoms with van der Waals surface area (Å²) in [5, 5.41) is 0. The van der Waals surface area contributed by atoms with Gasteiger partial charge in [-0.2, -0.15) is 0 Å². The molecule has 9 heteroatoms. The first-order valence-corrected chi connectivity index (χ1v) is 2.67. The van der Waals surface area contributed by atoms with E-state index < -0.39 is 13.4 Å². The first-order chi connectivity index (χ1) is 2.00. The molecule has 1 radical (unpaired) electrons. The zero-order valence-electron chi connectivity index (χ0n) is 5.05. The summed E-state index contributed by atoms with van der Waals surface area (Å²) in [5.41, 5.74) is 0. The molecule has 0 aromatic rings. The van der Waals surface area contributed by atoms with E-state index in [0.29, 0.717) is 0 Å². The normalized spacial score (nSPS) is 6.44. The molecule has 0 aliphatic rings. The molecule has 0 fully saturated rings. The number of hydrogen-bond acceptors (Lipinski definition) is 2. The maximum atomic E-state index is 8.80. The first-order valence-electron chi connectivity index (χ1n) is 0.647. The van der Waals surface area contributed by atoms with Crippen molar-refractivity contribution in [1.82, 2.24) is 0 Å². The molecule has 0 aromatic carbocycles. The average molecular weight is 337 g/mol. The van der Waals surface area contributed by atoms with Gasteiger partial charge in [-0.1, -0.05) is 0 Å². The van der Waals surface area contributed by atoms with Crippen LogP contribution in [-0.2, 0) is 70.8 Å². The molecule has 0 aliphatic carbocycles. The molecule has 0 aromatic heterocycles. The van der Waals surface area contributed by atoms with Crippen LogP contribution in [0.2, 0.25) is 0 Å². The average Bonchev–Trinajstić information content (AvgIpc) is 0.722. The molecular formula is H3CoKMnNi2O4. The molecule has 2 N–H and O–H groups in total. The quantitative estimate of drug-likeness (QED) is 0.439. The zero-order valence-corrected chi connectivity index (χ0v) is 11.4. The van der Waals surface area contributed by atoms with Gasteiger partial charge >= 0.3 is 80.8 Å². The van der Waals surface area contributed by atoms with Crippen LogP contribution in [0.3, 0.4) is 0 Å². The van der Waals surface area contributed by atoms with Crippen molar-refractivity contribution in [1.29, 1.82) is 0 Å². The van der Waals surface area contributed by atoms with Crippen LogP contribution in [-0.4, -0.2) is 8.38 Å².